The molecule has 11 heteroatoms. The van der Waals surface area contributed by atoms with E-state index in [0.717, 1.165) is 44.2 Å². The van der Waals surface area contributed by atoms with Crippen LogP contribution in [0.2, 0.25) is 0 Å². The summed E-state index contributed by atoms with van der Waals surface area (Å²) in [4.78, 5) is 38.6. The molecule has 2 saturated heterocycles. The summed E-state index contributed by atoms with van der Waals surface area (Å²) < 4.78 is 19.6. The van der Waals surface area contributed by atoms with Crippen LogP contribution >= 0.6 is 11.8 Å². The molecule has 0 aromatic carbocycles. The third-order valence-electron chi connectivity index (χ3n) is 5.94. The molecule has 180 valence electrons. The summed E-state index contributed by atoms with van der Waals surface area (Å²) in [6, 6.07) is 7.00. The molecule has 0 spiro atoms. The van der Waals surface area contributed by atoms with Crippen LogP contribution in [0.1, 0.15) is 24.1 Å². The van der Waals surface area contributed by atoms with Gasteiger partial charge in [0.05, 0.1) is 23.1 Å². The number of halogens is 1. The first-order chi connectivity index (χ1) is 17.0. The summed E-state index contributed by atoms with van der Waals surface area (Å²) >= 11 is 0.866. The van der Waals surface area contributed by atoms with Crippen molar-refractivity contribution in [1.29, 1.82) is 0 Å². The first kappa shape index (κ1) is 23.2. The van der Waals surface area contributed by atoms with Crippen LogP contribution < -0.4 is 15.5 Å². The van der Waals surface area contributed by atoms with Gasteiger partial charge in [-0.3, -0.25) is 14.9 Å². The number of nitrogens with zero attached hydrogens (tertiary/aromatic N) is 4. The average molecular weight is 495 g/mol. The van der Waals surface area contributed by atoms with Gasteiger partial charge in [0.2, 0.25) is 5.95 Å². The van der Waals surface area contributed by atoms with Gasteiger partial charge >= 0.3 is 0 Å². The summed E-state index contributed by atoms with van der Waals surface area (Å²) in [7, 11) is 0. The van der Waals surface area contributed by atoms with Crippen molar-refractivity contribution in [3.8, 4) is 11.5 Å². The van der Waals surface area contributed by atoms with E-state index in [-0.39, 0.29) is 11.1 Å². The molecule has 0 aliphatic carbocycles. The van der Waals surface area contributed by atoms with Gasteiger partial charge in [-0.1, -0.05) is 0 Å². The molecule has 5 heterocycles. The smallest absolute Gasteiger partial charge is 0.290 e. The third kappa shape index (κ3) is 5.57. The van der Waals surface area contributed by atoms with E-state index in [2.05, 4.69) is 30.5 Å². The number of carbonyl (C=O) groups excluding carboxylic acids is 2. The van der Waals surface area contributed by atoms with Crippen LogP contribution in [0.5, 0.6) is 0 Å². The maximum Gasteiger partial charge on any atom is 0.290 e. The number of piperidine rings is 1. The number of hydrogen-bond acceptors (Lipinski definition) is 9. The Morgan fingerprint density at radius 2 is 2.11 bits per heavy atom. The van der Waals surface area contributed by atoms with E-state index in [1.165, 1.54) is 6.20 Å². The number of anilines is 1. The molecule has 5 rings (SSSR count). The van der Waals surface area contributed by atoms with Gasteiger partial charge in [-0.15, -0.1) is 0 Å². The van der Waals surface area contributed by atoms with Crippen molar-refractivity contribution in [1.82, 2.24) is 25.6 Å². The predicted octanol–water partition coefficient (Wildman–Crippen LogP) is 3.60. The highest BCUT2D eigenvalue weighted by atomic mass is 32.2. The monoisotopic (exact) mass is 494 g/mol. The lowest BCUT2D eigenvalue weighted by Crippen LogP contribution is -2.38. The number of nitrogens with one attached hydrogen (secondary N) is 2. The van der Waals surface area contributed by atoms with Crippen molar-refractivity contribution in [3.63, 3.8) is 0 Å². The molecule has 0 radical (unpaired) electrons. The Balaban J connectivity index is 1.13. The molecule has 0 unspecified atom stereocenters. The fourth-order valence-electron chi connectivity index (χ4n) is 4.07. The van der Waals surface area contributed by atoms with Crippen LogP contribution in [-0.2, 0) is 11.3 Å². The number of imide groups is 1. The highest BCUT2D eigenvalue weighted by Gasteiger charge is 2.26. The minimum absolute atomic E-state index is 0.325. The van der Waals surface area contributed by atoms with E-state index in [1.54, 1.807) is 42.8 Å². The first-order valence-corrected chi connectivity index (χ1v) is 12.1. The highest BCUT2D eigenvalue weighted by Crippen LogP contribution is 2.26. The second-order valence-electron chi connectivity index (χ2n) is 8.33. The Morgan fingerprint density at radius 1 is 1.26 bits per heavy atom. The van der Waals surface area contributed by atoms with Crippen LogP contribution in [0.15, 0.2) is 52.2 Å². The van der Waals surface area contributed by atoms with E-state index in [1.807, 2.05) is 0 Å². The molecule has 2 N–H and O–H groups in total. The number of hydrogen-bond donors (Lipinski definition) is 2. The van der Waals surface area contributed by atoms with Crippen LogP contribution in [0, 0.1) is 11.7 Å². The zero-order valence-corrected chi connectivity index (χ0v) is 19.6. The molecular weight excluding hydrogens is 471 g/mol. The molecule has 3 aromatic heterocycles. The summed E-state index contributed by atoms with van der Waals surface area (Å²) in [5, 5.41) is 5.23. The van der Waals surface area contributed by atoms with Crippen LogP contribution in [0.4, 0.5) is 15.1 Å². The Labute approximate surface area is 205 Å². The number of carbonyl (C=O) groups is 2. The van der Waals surface area contributed by atoms with E-state index in [9.17, 15) is 14.0 Å². The SMILES string of the molecule is O=C1NC(=O)/C(=C\c2ccnc(N3CCC(CNCc4cc(-c5ccco5)ncc4F)CC3)n2)S1. The number of rotatable bonds is 7. The van der Waals surface area contributed by atoms with Crippen molar-refractivity contribution in [3.05, 3.63) is 64.9 Å². The second kappa shape index (κ2) is 10.4. The molecule has 0 bridgehead atoms. The maximum atomic E-state index is 14.2. The van der Waals surface area contributed by atoms with Gasteiger partial charge in [0, 0.05) is 31.4 Å². The topological polar surface area (TPSA) is 113 Å². The quantitative estimate of drug-likeness (QED) is 0.476. The third-order valence-corrected chi connectivity index (χ3v) is 6.75. The molecule has 2 fully saturated rings. The van der Waals surface area contributed by atoms with Crippen LogP contribution in [0.3, 0.4) is 0 Å². The standard InChI is InChI=1S/C24H23FN6O3S/c25-18-14-28-19(20-2-1-9-34-20)10-16(18)13-26-12-15-4-7-31(8-5-15)23-27-6-3-17(29-23)11-21-22(32)30-24(33)35-21/h1-3,6,9-11,14-15,26H,4-5,7-8,12-13H2,(H,30,32,33)/b21-11+. The van der Waals surface area contributed by atoms with Gasteiger partial charge in [0.25, 0.3) is 11.1 Å². The van der Waals surface area contributed by atoms with E-state index >= 15 is 0 Å². The average Bonchev–Trinajstić information content (AvgIpc) is 3.51. The number of pyridine rings is 1. The van der Waals surface area contributed by atoms with E-state index in [4.69, 9.17) is 4.42 Å². The van der Waals surface area contributed by atoms with Gasteiger partial charge in [0.15, 0.2) is 5.76 Å². The maximum absolute atomic E-state index is 14.2. The van der Waals surface area contributed by atoms with Crippen molar-refractivity contribution in [2.75, 3.05) is 24.5 Å². The minimum atomic E-state index is -0.405. The number of furan rings is 1. The minimum Gasteiger partial charge on any atom is -0.463 e. The van der Waals surface area contributed by atoms with Gasteiger partial charge in [-0.25, -0.2) is 19.3 Å². The van der Waals surface area contributed by atoms with Crippen LogP contribution in [0.25, 0.3) is 17.5 Å². The summed E-state index contributed by atoms with van der Waals surface area (Å²) in [6.45, 7) is 2.79. The van der Waals surface area contributed by atoms with E-state index < -0.39 is 5.91 Å². The lowest BCUT2D eigenvalue weighted by atomic mass is 9.97. The Bertz CT molecular complexity index is 1260. The van der Waals surface area contributed by atoms with Gasteiger partial charge in [-0.2, -0.15) is 0 Å². The first-order valence-electron chi connectivity index (χ1n) is 11.3. The largest absolute Gasteiger partial charge is 0.463 e. The van der Waals surface area contributed by atoms with Crippen molar-refractivity contribution in [2.24, 2.45) is 5.92 Å². The zero-order chi connectivity index (χ0) is 24.2. The lowest BCUT2D eigenvalue weighted by Gasteiger charge is -2.32. The predicted molar refractivity (Wildman–Crippen MR) is 130 cm³/mol. The zero-order valence-electron chi connectivity index (χ0n) is 18.7. The molecular formula is C24H23FN6O3S. The van der Waals surface area contributed by atoms with Crippen molar-refractivity contribution < 1.29 is 18.4 Å². The number of amides is 2. The highest BCUT2D eigenvalue weighted by molar-refractivity contribution is 8.18. The fourth-order valence-corrected chi connectivity index (χ4v) is 4.74. The molecule has 0 saturated carbocycles. The Hall–Kier alpha value is -3.57. The Morgan fingerprint density at radius 3 is 2.86 bits per heavy atom. The summed E-state index contributed by atoms with van der Waals surface area (Å²) in [5.41, 5.74) is 1.75. The second-order valence-corrected chi connectivity index (χ2v) is 9.35. The Kier molecular flexibility index (Phi) is 6.87. The fraction of sp³-hybridized carbons (Fsp3) is 0.292. The lowest BCUT2D eigenvalue weighted by molar-refractivity contribution is -0.115. The molecule has 2 aliphatic rings. The normalized spacial score (nSPS) is 17.9. The van der Waals surface area contributed by atoms with Gasteiger partial charge in [0.1, 0.15) is 11.5 Å². The molecule has 3 aromatic rings. The summed E-state index contributed by atoms with van der Waals surface area (Å²) in [6.07, 6.45) is 7.95. The van der Waals surface area contributed by atoms with Crippen molar-refractivity contribution >= 4 is 34.9 Å². The summed E-state index contributed by atoms with van der Waals surface area (Å²) in [5.74, 6) is 0.921. The van der Waals surface area contributed by atoms with Gasteiger partial charge in [-0.05, 0) is 67.4 Å². The number of aromatic nitrogens is 3. The van der Waals surface area contributed by atoms with Gasteiger partial charge < -0.3 is 14.6 Å². The molecule has 2 aliphatic heterocycles. The molecule has 9 nitrogen and oxygen atoms in total. The molecule has 2 amide bonds. The van der Waals surface area contributed by atoms with E-state index in [0.29, 0.717) is 46.0 Å². The number of thioether (sulfide) groups is 1. The van der Waals surface area contributed by atoms with Crippen molar-refractivity contribution in [2.45, 2.75) is 19.4 Å². The van der Waals surface area contributed by atoms with Crippen LogP contribution in [-0.4, -0.2) is 45.7 Å². The molecule has 35 heavy (non-hydrogen) atoms. The molecule has 0 atom stereocenters.